The van der Waals surface area contributed by atoms with E-state index in [4.69, 9.17) is 22.7 Å². The van der Waals surface area contributed by atoms with E-state index in [0.29, 0.717) is 11.7 Å². The summed E-state index contributed by atoms with van der Waals surface area (Å²) in [4.78, 5) is 8.48. The SMILES string of the molecule is CCCCCCC(C)Oc1nccc(C(N)=S)n1. The highest BCUT2D eigenvalue weighted by atomic mass is 32.1. The Kier molecular flexibility index (Phi) is 6.57. The number of ether oxygens (including phenoxy) is 1. The highest BCUT2D eigenvalue weighted by Crippen LogP contribution is 2.11. The first-order valence-corrected chi connectivity index (χ1v) is 6.83. The van der Waals surface area contributed by atoms with Gasteiger partial charge >= 0.3 is 6.01 Å². The van der Waals surface area contributed by atoms with Crippen molar-refractivity contribution in [3.63, 3.8) is 0 Å². The first-order chi connectivity index (χ1) is 8.63. The van der Waals surface area contributed by atoms with Gasteiger partial charge in [0.1, 0.15) is 10.7 Å². The van der Waals surface area contributed by atoms with Gasteiger partial charge in [0.25, 0.3) is 0 Å². The summed E-state index contributed by atoms with van der Waals surface area (Å²) in [6, 6.07) is 2.03. The zero-order chi connectivity index (χ0) is 13.4. The molecule has 0 spiro atoms. The molecule has 0 radical (unpaired) electrons. The smallest absolute Gasteiger partial charge is 0.317 e. The molecule has 0 amide bonds. The van der Waals surface area contributed by atoms with Crippen LogP contribution in [0.2, 0.25) is 0 Å². The number of hydrogen-bond acceptors (Lipinski definition) is 4. The molecule has 2 N–H and O–H groups in total. The monoisotopic (exact) mass is 267 g/mol. The second-order valence-electron chi connectivity index (χ2n) is 4.37. The molecule has 1 rings (SSSR count). The quantitative estimate of drug-likeness (QED) is 0.579. The van der Waals surface area contributed by atoms with Crippen LogP contribution in [0.25, 0.3) is 0 Å². The van der Waals surface area contributed by atoms with Gasteiger partial charge in [0.2, 0.25) is 0 Å². The second-order valence-corrected chi connectivity index (χ2v) is 4.81. The largest absolute Gasteiger partial charge is 0.460 e. The molecule has 4 nitrogen and oxygen atoms in total. The molecule has 0 fully saturated rings. The van der Waals surface area contributed by atoms with Gasteiger partial charge in [0.05, 0.1) is 6.10 Å². The summed E-state index contributed by atoms with van der Waals surface area (Å²) in [6.45, 7) is 4.23. The summed E-state index contributed by atoms with van der Waals surface area (Å²) in [6.07, 6.45) is 7.68. The van der Waals surface area contributed by atoms with Crippen molar-refractivity contribution in [3.05, 3.63) is 18.0 Å². The molecule has 5 heteroatoms. The molecule has 1 aromatic heterocycles. The summed E-state index contributed by atoms with van der Waals surface area (Å²) < 4.78 is 5.65. The van der Waals surface area contributed by atoms with Crippen LogP contribution in [0, 0.1) is 0 Å². The van der Waals surface area contributed by atoms with E-state index < -0.39 is 0 Å². The lowest BCUT2D eigenvalue weighted by Gasteiger charge is -2.13. The molecule has 18 heavy (non-hydrogen) atoms. The minimum Gasteiger partial charge on any atom is -0.460 e. The maximum atomic E-state index is 5.65. The van der Waals surface area contributed by atoms with Crippen LogP contribution in [-0.2, 0) is 0 Å². The molecule has 0 aromatic carbocycles. The molecule has 0 saturated heterocycles. The van der Waals surface area contributed by atoms with Crippen molar-refractivity contribution >= 4 is 17.2 Å². The Balaban J connectivity index is 2.41. The molecule has 1 aromatic rings. The van der Waals surface area contributed by atoms with E-state index in [0.717, 1.165) is 6.42 Å². The fraction of sp³-hybridized carbons (Fsp3) is 0.615. The highest BCUT2D eigenvalue weighted by molar-refractivity contribution is 7.80. The van der Waals surface area contributed by atoms with Gasteiger partial charge < -0.3 is 10.5 Å². The van der Waals surface area contributed by atoms with Gasteiger partial charge in [-0.25, -0.2) is 4.98 Å². The minimum absolute atomic E-state index is 0.114. The summed E-state index contributed by atoms with van der Waals surface area (Å²) >= 11 is 4.87. The molecule has 1 atom stereocenters. The number of hydrogen-bond donors (Lipinski definition) is 1. The summed E-state index contributed by atoms with van der Waals surface area (Å²) in [5.41, 5.74) is 6.06. The zero-order valence-corrected chi connectivity index (χ0v) is 11.9. The van der Waals surface area contributed by atoms with Gasteiger partial charge in [-0.1, -0.05) is 38.4 Å². The van der Waals surface area contributed by atoms with Gasteiger partial charge in [0.15, 0.2) is 0 Å². The molecule has 0 aliphatic heterocycles. The van der Waals surface area contributed by atoms with Gasteiger partial charge in [-0.15, -0.1) is 0 Å². The van der Waals surface area contributed by atoms with E-state index in [9.17, 15) is 0 Å². The number of thiocarbonyl (C=S) groups is 1. The summed E-state index contributed by atoms with van der Waals surface area (Å²) in [5.74, 6) is 0. The second kappa shape index (κ2) is 7.97. The molecule has 1 unspecified atom stereocenters. The molecule has 100 valence electrons. The van der Waals surface area contributed by atoms with Crippen LogP contribution in [0.4, 0.5) is 0 Å². The Labute approximate surface area is 114 Å². The third-order valence-corrected chi connectivity index (χ3v) is 2.87. The average Bonchev–Trinajstić information content (AvgIpc) is 2.35. The fourth-order valence-corrected chi connectivity index (χ4v) is 1.75. The van der Waals surface area contributed by atoms with E-state index in [2.05, 4.69) is 16.9 Å². The van der Waals surface area contributed by atoms with Crippen LogP contribution >= 0.6 is 12.2 Å². The van der Waals surface area contributed by atoms with E-state index in [1.54, 1.807) is 12.3 Å². The normalized spacial score (nSPS) is 12.1. The number of nitrogens with two attached hydrogens (primary N) is 1. The summed E-state index contributed by atoms with van der Waals surface area (Å²) in [7, 11) is 0. The Morgan fingerprint density at radius 2 is 2.22 bits per heavy atom. The maximum Gasteiger partial charge on any atom is 0.317 e. The standard InChI is InChI=1S/C13H21N3OS/c1-3-4-5-6-7-10(2)17-13-15-9-8-11(16-13)12(14)18/h8-10H,3-7H2,1-2H3,(H2,14,18). The van der Waals surface area contributed by atoms with Crippen molar-refractivity contribution in [2.45, 2.75) is 52.1 Å². The molecule has 1 heterocycles. The maximum absolute atomic E-state index is 5.65. The van der Waals surface area contributed by atoms with Crippen LogP contribution in [0.3, 0.4) is 0 Å². The van der Waals surface area contributed by atoms with E-state index in [1.165, 1.54) is 25.7 Å². The van der Waals surface area contributed by atoms with Crippen LogP contribution in [0.15, 0.2) is 12.3 Å². The third kappa shape index (κ3) is 5.40. The van der Waals surface area contributed by atoms with Crippen LogP contribution in [0.5, 0.6) is 6.01 Å². The van der Waals surface area contributed by atoms with Crippen LogP contribution in [0.1, 0.15) is 51.6 Å². The number of rotatable bonds is 8. The predicted molar refractivity (Wildman–Crippen MR) is 76.8 cm³/mol. The van der Waals surface area contributed by atoms with Gasteiger partial charge in [0, 0.05) is 6.20 Å². The lowest BCUT2D eigenvalue weighted by molar-refractivity contribution is 0.189. The topological polar surface area (TPSA) is 61.0 Å². The van der Waals surface area contributed by atoms with Gasteiger partial charge in [-0.3, -0.25) is 0 Å². The Hall–Kier alpha value is -1.23. The van der Waals surface area contributed by atoms with Gasteiger partial charge in [-0.2, -0.15) is 4.98 Å². The first-order valence-electron chi connectivity index (χ1n) is 6.43. The van der Waals surface area contributed by atoms with Crippen molar-refractivity contribution in [3.8, 4) is 6.01 Å². The number of aromatic nitrogens is 2. The van der Waals surface area contributed by atoms with Crippen molar-refractivity contribution in [1.82, 2.24) is 9.97 Å². The van der Waals surface area contributed by atoms with E-state index in [1.807, 2.05) is 6.92 Å². The molecule has 0 bridgehead atoms. The molecular weight excluding hydrogens is 246 g/mol. The predicted octanol–water partition coefficient (Wildman–Crippen LogP) is 2.85. The van der Waals surface area contributed by atoms with Crippen LogP contribution < -0.4 is 10.5 Å². The van der Waals surface area contributed by atoms with Crippen LogP contribution in [-0.4, -0.2) is 21.1 Å². The lowest BCUT2D eigenvalue weighted by Crippen LogP contribution is -2.16. The highest BCUT2D eigenvalue weighted by Gasteiger charge is 2.07. The minimum atomic E-state index is 0.114. The lowest BCUT2D eigenvalue weighted by atomic mass is 10.1. The van der Waals surface area contributed by atoms with Gasteiger partial charge in [-0.05, 0) is 25.8 Å². The van der Waals surface area contributed by atoms with Crippen molar-refractivity contribution in [1.29, 1.82) is 0 Å². The zero-order valence-electron chi connectivity index (χ0n) is 11.1. The third-order valence-electron chi connectivity index (χ3n) is 2.66. The molecule has 0 aliphatic carbocycles. The Morgan fingerprint density at radius 1 is 1.44 bits per heavy atom. The van der Waals surface area contributed by atoms with Crippen molar-refractivity contribution in [2.24, 2.45) is 5.73 Å². The molecule has 0 saturated carbocycles. The Morgan fingerprint density at radius 3 is 2.89 bits per heavy atom. The Bertz CT molecular complexity index is 384. The number of unbranched alkanes of at least 4 members (excludes halogenated alkanes) is 3. The summed E-state index contributed by atoms with van der Waals surface area (Å²) in [5, 5.41) is 0. The van der Waals surface area contributed by atoms with Crippen molar-refractivity contribution < 1.29 is 4.74 Å². The average molecular weight is 267 g/mol. The first kappa shape index (κ1) is 14.8. The molecular formula is C13H21N3OS. The van der Waals surface area contributed by atoms with E-state index in [-0.39, 0.29) is 11.1 Å². The fourth-order valence-electron chi connectivity index (χ4n) is 1.63. The van der Waals surface area contributed by atoms with Crippen molar-refractivity contribution in [2.75, 3.05) is 0 Å². The molecule has 0 aliphatic rings. The van der Waals surface area contributed by atoms with E-state index >= 15 is 0 Å². The number of nitrogens with zero attached hydrogens (tertiary/aromatic N) is 2.